The minimum Gasteiger partial charge on any atom is -0.368 e. The lowest BCUT2D eigenvalue weighted by Crippen LogP contribution is -2.38. The normalized spacial score (nSPS) is 12.8. The van der Waals surface area contributed by atoms with Crippen LogP contribution in [0.3, 0.4) is 0 Å². The van der Waals surface area contributed by atoms with Gasteiger partial charge in [-0.3, -0.25) is 14.9 Å². The largest absolute Gasteiger partial charge is 0.401 e. The number of nitrogens with one attached hydrogen (secondary N) is 2. The zero-order valence-electron chi connectivity index (χ0n) is 10.6. The molecule has 1 aromatic rings. The number of halogens is 3. The van der Waals surface area contributed by atoms with Crippen molar-refractivity contribution < 1.29 is 22.8 Å². The topological polar surface area (TPSA) is 84.2 Å². The van der Waals surface area contributed by atoms with Crippen LogP contribution >= 0.6 is 0 Å². The van der Waals surface area contributed by atoms with Crippen molar-refractivity contribution in [3.8, 4) is 0 Å². The summed E-state index contributed by atoms with van der Waals surface area (Å²) in [5.74, 6) is -1.19. The number of benzene rings is 1. The van der Waals surface area contributed by atoms with Gasteiger partial charge in [-0.25, -0.2) is 0 Å². The maximum absolute atomic E-state index is 12.1. The summed E-state index contributed by atoms with van der Waals surface area (Å²) in [6.45, 7) is -0.000928. The number of alkyl halides is 3. The minimum absolute atomic E-state index is 0.278. The molecule has 0 bridgehead atoms. The molecule has 2 amide bonds. The van der Waals surface area contributed by atoms with E-state index >= 15 is 0 Å². The zero-order chi connectivity index (χ0) is 15.3. The van der Waals surface area contributed by atoms with Crippen molar-refractivity contribution in [1.82, 2.24) is 5.32 Å². The third kappa shape index (κ3) is 5.27. The summed E-state index contributed by atoms with van der Waals surface area (Å²) < 4.78 is 36.4. The van der Waals surface area contributed by atoms with Gasteiger partial charge in [0.25, 0.3) is 0 Å². The number of nitrogens with two attached hydrogens (primary N) is 1. The van der Waals surface area contributed by atoms with E-state index in [-0.39, 0.29) is 11.5 Å². The lowest BCUT2D eigenvalue weighted by molar-refractivity contribution is -0.131. The molecular formula is C12H14F3N3O2. The van der Waals surface area contributed by atoms with Gasteiger partial charge in [0, 0.05) is 12.6 Å². The Labute approximate surface area is 113 Å². The molecule has 1 unspecified atom stereocenters. The van der Waals surface area contributed by atoms with Crippen LogP contribution in [-0.2, 0) is 9.59 Å². The van der Waals surface area contributed by atoms with Gasteiger partial charge in [0.05, 0.1) is 6.54 Å². The quantitative estimate of drug-likeness (QED) is 0.764. The van der Waals surface area contributed by atoms with Crippen molar-refractivity contribution in [1.29, 1.82) is 0 Å². The molecule has 1 rings (SSSR count). The van der Waals surface area contributed by atoms with E-state index in [2.05, 4.69) is 5.32 Å². The summed E-state index contributed by atoms with van der Waals surface area (Å²) in [4.78, 5) is 22.0. The second-order valence-corrected chi connectivity index (χ2v) is 4.13. The van der Waals surface area contributed by atoms with Crippen molar-refractivity contribution in [2.75, 3.05) is 11.9 Å². The Morgan fingerprint density at radius 3 is 2.20 bits per heavy atom. The average Bonchev–Trinajstić information content (AvgIpc) is 2.28. The molecule has 0 aliphatic carbocycles. The standard InChI is InChI=1S/C12H14F3N3O2/c1-7(19)18-9-4-2-8(3-5-9)10(11(16)20)17-6-12(13,14)15/h2-5,10,17H,6H2,1H3,(H2,16,20)(H,18,19). The summed E-state index contributed by atoms with van der Waals surface area (Å²) in [5, 5.41) is 4.55. The Hall–Kier alpha value is -2.09. The van der Waals surface area contributed by atoms with E-state index in [9.17, 15) is 22.8 Å². The van der Waals surface area contributed by atoms with E-state index in [1.165, 1.54) is 31.2 Å². The van der Waals surface area contributed by atoms with Crippen LogP contribution in [0.25, 0.3) is 0 Å². The van der Waals surface area contributed by atoms with E-state index < -0.39 is 24.7 Å². The molecule has 110 valence electrons. The highest BCUT2D eigenvalue weighted by molar-refractivity contribution is 5.88. The van der Waals surface area contributed by atoms with Crippen LogP contribution in [0.1, 0.15) is 18.5 Å². The zero-order valence-corrected chi connectivity index (χ0v) is 10.6. The van der Waals surface area contributed by atoms with Crippen LogP contribution in [0.2, 0.25) is 0 Å². The molecule has 4 N–H and O–H groups in total. The van der Waals surface area contributed by atoms with Gasteiger partial charge < -0.3 is 11.1 Å². The van der Waals surface area contributed by atoms with Gasteiger partial charge in [0.2, 0.25) is 11.8 Å². The second-order valence-electron chi connectivity index (χ2n) is 4.13. The van der Waals surface area contributed by atoms with E-state index in [1.807, 2.05) is 5.32 Å². The minimum atomic E-state index is -4.44. The number of carbonyl (C=O) groups excluding carboxylic acids is 2. The molecule has 8 heteroatoms. The van der Waals surface area contributed by atoms with Gasteiger partial charge in [0.15, 0.2) is 0 Å². The smallest absolute Gasteiger partial charge is 0.368 e. The van der Waals surface area contributed by atoms with Crippen LogP contribution in [0, 0.1) is 0 Å². The fourth-order valence-electron chi connectivity index (χ4n) is 1.56. The van der Waals surface area contributed by atoms with E-state index in [4.69, 9.17) is 5.73 Å². The van der Waals surface area contributed by atoms with Gasteiger partial charge in [0.1, 0.15) is 6.04 Å². The number of amides is 2. The maximum atomic E-state index is 12.1. The molecule has 0 saturated heterocycles. The second kappa shape index (κ2) is 6.38. The lowest BCUT2D eigenvalue weighted by atomic mass is 10.1. The molecular weight excluding hydrogens is 275 g/mol. The summed E-state index contributed by atoms with van der Waals surface area (Å²) in [6.07, 6.45) is -4.44. The summed E-state index contributed by atoms with van der Waals surface area (Å²) in [5.41, 5.74) is 5.84. The van der Waals surface area contributed by atoms with E-state index in [1.54, 1.807) is 0 Å². The van der Waals surface area contributed by atoms with Crippen molar-refractivity contribution >= 4 is 17.5 Å². The Kier molecular flexibility index (Phi) is 5.09. The van der Waals surface area contributed by atoms with Crippen LogP contribution < -0.4 is 16.4 Å². The van der Waals surface area contributed by atoms with Crippen LogP contribution in [-0.4, -0.2) is 24.5 Å². The van der Waals surface area contributed by atoms with Gasteiger partial charge in [-0.15, -0.1) is 0 Å². The first-order valence-electron chi connectivity index (χ1n) is 5.66. The van der Waals surface area contributed by atoms with Crippen LogP contribution in [0.15, 0.2) is 24.3 Å². The number of rotatable bonds is 5. The lowest BCUT2D eigenvalue weighted by Gasteiger charge is -2.17. The van der Waals surface area contributed by atoms with Gasteiger partial charge in [-0.1, -0.05) is 12.1 Å². The van der Waals surface area contributed by atoms with E-state index in [0.29, 0.717) is 5.69 Å². The highest BCUT2D eigenvalue weighted by Gasteiger charge is 2.30. The molecule has 0 heterocycles. The molecule has 0 aliphatic heterocycles. The average molecular weight is 289 g/mol. The van der Waals surface area contributed by atoms with E-state index in [0.717, 1.165) is 0 Å². The summed E-state index contributed by atoms with van der Waals surface area (Å²) in [7, 11) is 0. The van der Waals surface area contributed by atoms with Crippen LogP contribution in [0.5, 0.6) is 0 Å². The number of carbonyl (C=O) groups is 2. The molecule has 0 spiro atoms. The molecule has 20 heavy (non-hydrogen) atoms. The SMILES string of the molecule is CC(=O)Nc1ccc(C(NCC(F)(F)F)C(N)=O)cc1. The summed E-state index contributed by atoms with van der Waals surface area (Å²) in [6, 6.07) is 4.54. The first kappa shape index (κ1) is 16.0. The Bertz CT molecular complexity index is 486. The monoisotopic (exact) mass is 289 g/mol. The fraction of sp³-hybridized carbons (Fsp3) is 0.333. The number of primary amides is 1. The predicted octanol–water partition coefficient (Wildman–Crippen LogP) is 1.32. The molecule has 0 saturated carbocycles. The number of hydrogen-bond acceptors (Lipinski definition) is 3. The molecule has 0 aliphatic rings. The van der Waals surface area contributed by atoms with Gasteiger partial charge in [-0.05, 0) is 17.7 Å². The highest BCUT2D eigenvalue weighted by Crippen LogP contribution is 2.19. The maximum Gasteiger partial charge on any atom is 0.401 e. The fourth-order valence-corrected chi connectivity index (χ4v) is 1.56. The molecule has 1 atom stereocenters. The van der Waals surface area contributed by atoms with Crippen LogP contribution in [0.4, 0.5) is 18.9 Å². The Balaban J connectivity index is 2.82. The number of hydrogen-bond donors (Lipinski definition) is 3. The predicted molar refractivity (Wildman–Crippen MR) is 66.7 cm³/mol. The van der Waals surface area contributed by atoms with Crippen molar-refractivity contribution in [3.05, 3.63) is 29.8 Å². The number of anilines is 1. The highest BCUT2D eigenvalue weighted by atomic mass is 19.4. The molecule has 0 aromatic heterocycles. The molecule has 0 radical (unpaired) electrons. The Morgan fingerprint density at radius 1 is 1.25 bits per heavy atom. The third-order valence-electron chi connectivity index (χ3n) is 2.36. The summed E-state index contributed by atoms with van der Waals surface area (Å²) >= 11 is 0. The molecule has 0 fully saturated rings. The van der Waals surface area contributed by atoms with Crippen molar-refractivity contribution in [2.45, 2.75) is 19.1 Å². The first-order valence-corrected chi connectivity index (χ1v) is 5.66. The third-order valence-corrected chi connectivity index (χ3v) is 2.36. The molecule has 1 aromatic carbocycles. The Morgan fingerprint density at radius 2 is 1.80 bits per heavy atom. The van der Waals surface area contributed by atoms with Gasteiger partial charge >= 0.3 is 6.18 Å². The molecule has 5 nitrogen and oxygen atoms in total. The van der Waals surface area contributed by atoms with Gasteiger partial charge in [-0.2, -0.15) is 13.2 Å². The van der Waals surface area contributed by atoms with Crippen molar-refractivity contribution in [2.24, 2.45) is 5.73 Å². The van der Waals surface area contributed by atoms with Crippen molar-refractivity contribution in [3.63, 3.8) is 0 Å². The first-order chi connectivity index (χ1) is 9.19.